The van der Waals surface area contributed by atoms with Crippen LogP contribution < -0.4 is 0 Å². The van der Waals surface area contributed by atoms with Crippen LogP contribution in [-0.2, 0) is 0 Å². The van der Waals surface area contributed by atoms with E-state index < -0.39 is 27.2 Å². The molecule has 0 spiro atoms. The molecule has 0 saturated heterocycles. The summed E-state index contributed by atoms with van der Waals surface area (Å²) >= 11 is 0. The van der Waals surface area contributed by atoms with Crippen molar-refractivity contribution in [1.29, 1.82) is 0 Å². The zero-order chi connectivity index (χ0) is 16.7. The summed E-state index contributed by atoms with van der Waals surface area (Å²) in [6.07, 6.45) is 0. The monoisotopic (exact) mass is 306 g/mol. The third-order valence-electron chi connectivity index (χ3n) is 2.41. The third-order valence-corrected chi connectivity index (χ3v) is 2.41. The maximum absolute atomic E-state index is 10.3. The van der Waals surface area contributed by atoms with Crippen LogP contribution in [0.2, 0.25) is 0 Å². The zero-order valence-corrected chi connectivity index (χ0v) is 10.9. The molecule has 0 unspecified atom stereocenters. The fraction of sp³-hybridized carbons (Fsp3) is 0. The molecule has 0 atom stereocenters. The highest BCUT2D eigenvalue weighted by molar-refractivity contribution is 5.90. The summed E-state index contributed by atoms with van der Waals surface area (Å²) in [5.41, 5.74) is -1.03. The van der Waals surface area contributed by atoms with Gasteiger partial charge in [-0.15, -0.1) is 0 Å². The van der Waals surface area contributed by atoms with Gasteiger partial charge in [0.1, 0.15) is 11.3 Å². The third kappa shape index (κ3) is 4.27. The molecule has 0 saturated carbocycles. The lowest BCUT2D eigenvalue weighted by Gasteiger charge is -1.95. The van der Waals surface area contributed by atoms with Gasteiger partial charge in [0.15, 0.2) is 0 Å². The summed E-state index contributed by atoms with van der Waals surface area (Å²) in [4.78, 5) is 29.2. The van der Waals surface area contributed by atoms with E-state index in [2.05, 4.69) is 0 Å². The van der Waals surface area contributed by atoms with Crippen LogP contribution in [-0.4, -0.2) is 26.0 Å². The van der Waals surface area contributed by atoms with Gasteiger partial charge in [-0.2, -0.15) is 0 Å². The van der Waals surface area contributed by atoms with Gasteiger partial charge in [0.25, 0.3) is 0 Å². The molecule has 0 aliphatic carbocycles. The van der Waals surface area contributed by atoms with Crippen molar-refractivity contribution in [2.75, 3.05) is 0 Å². The SMILES string of the molecule is O=C(O)c1ccccc1O.O=[N+]([O-])c1ccccc1[N+](=O)[O-]. The lowest BCUT2D eigenvalue weighted by molar-refractivity contribution is -0.422. The second-order valence-corrected chi connectivity index (χ2v) is 3.83. The van der Waals surface area contributed by atoms with Gasteiger partial charge in [0.2, 0.25) is 0 Å². The van der Waals surface area contributed by atoms with Crippen molar-refractivity contribution < 1.29 is 24.9 Å². The molecule has 2 aromatic rings. The van der Waals surface area contributed by atoms with Gasteiger partial charge in [-0.05, 0) is 12.1 Å². The van der Waals surface area contributed by atoms with Gasteiger partial charge < -0.3 is 10.2 Å². The zero-order valence-electron chi connectivity index (χ0n) is 10.9. The number of benzene rings is 2. The summed E-state index contributed by atoms with van der Waals surface area (Å²) in [5.74, 6) is -1.31. The number of para-hydroxylation sites is 3. The molecule has 9 nitrogen and oxygen atoms in total. The van der Waals surface area contributed by atoms with Gasteiger partial charge >= 0.3 is 17.3 Å². The molecule has 2 aromatic carbocycles. The molecule has 0 aliphatic rings. The van der Waals surface area contributed by atoms with Crippen molar-refractivity contribution in [2.45, 2.75) is 0 Å². The predicted molar refractivity (Wildman–Crippen MR) is 74.8 cm³/mol. The van der Waals surface area contributed by atoms with E-state index in [4.69, 9.17) is 10.2 Å². The van der Waals surface area contributed by atoms with Crippen molar-refractivity contribution in [3.8, 4) is 5.75 Å². The van der Waals surface area contributed by atoms with Crippen LogP contribution >= 0.6 is 0 Å². The number of carbonyl (C=O) groups is 1. The number of rotatable bonds is 3. The molecule has 0 radical (unpaired) electrons. The smallest absolute Gasteiger partial charge is 0.346 e. The summed E-state index contributed by atoms with van der Waals surface area (Å²) in [6.45, 7) is 0. The number of nitro benzene ring substituents is 2. The molecular formula is C13H10N2O7. The molecule has 0 fully saturated rings. The molecule has 22 heavy (non-hydrogen) atoms. The lowest BCUT2D eigenvalue weighted by Crippen LogP contribution is -1.95. The second-order valence-electron chi connectivity index (χ2n) is 3.83. The van der Waals surface area contributed by atoms with Gasteiger partial charge in [0, 0.05) is 12.1 Å². The minimum absolute atomic E-state index is 0.0671. The molecular weight excluding hydrogens is 296 g/mol. The average molecular weight is 306 g/mol. The van der Waals surface area contributed by atoms with Crippen LogP contribution in [0, 0.1) is 20.2 Å². The highest BCUT2D eigenvalue weighted by Crippen LogP contribution is 2.24. The van der Waals surface area contributed by atoms with E-state index in [-0.39, 0.29) is 11.3 Å². The molecule has 114 valence electrons. The highest BCUT2D eigenvalue weighted by Gasteiger charge is 2.21. The largest absolute Gasteiger partial charge is 0.507 e. The lowest BCUT2D eigenvalue weighted by atomic mass is 10.2. The number of phenols is 1. The number of hydrogen-bond donors (Lipinski definition) is 2. The number of nitrogens with zero attached hydrogens (tertiary/aromatic N) is 2. The van der Waals surface area contributed by atoms with Crippen LogP contribution in [0.25, 0.3) is 0 Å². The molecule has 0 aromatic heterocycles. The number of hydrogen-bond acceptors (Lipinski definition) is 6. The summed E-state index contributed by atoms with van der Waals surface area (Å²) in [7, 11) is 0. The molecule has 0 heterocycles. The van der Waals surface area contributed by atoms with Crippen LogP contribution in [0.15, 0.2) is 48.5 Å². The fourth-order valence-corrected chi connectivity index (χ4v) is 1.43. The molecule has 0 amide bonds. The standard InChI is InChI=1S/C7H6O3.C6H4N2O4/c8-6-4-2-1-3-5(6)7(9)10;9-7(10)5-3-1-2-4-6(5)8(11)12/h1-4,8H,(H,9,10);1-4H. The van der Waals surface area contributed by atoms with E-state index in [1.165, 1.54) is 24.3 Å². The van der Waals surface area contributed by atoms with Crippen LogP contribution in [0.1, 0.15) is 10.4 Å². The van der Waals surface area contributed by atoms with E-state index >= 15 is 0 Å². The topological polar surface area (TPSA) is 144 Å². The maximum atomic E-state index is 10.3. The molecule has 0 bridgehead atoms. The van der Waals surface area contributed by atoms with E-state index in [0.29, 0.717) is 0 Å². The molecule has 9 heteroatoms. The Bertz CT molecular complexity index is 682. The van der Waals surface area contributed by atoms with E-state index in [1.54, 1.807) is 12.1 Å². The predicted octanol–water partition coefficient (Wildman–Crippen LogP) is 2.59. The molecule has 2 N–H and O–H groups in total. The maximum Gasteiger partial charge on any atom is 0.346 e. The van der Waals surface area contributed by atoms with Gasteiger partial charge in [-0.25, -0.2) is 4.79 Å². The van der Waals surface area contributed by atoms with E-state index in [1.807, 2.05) is 0 Å². The Labute approximate surface area is 123 Å². The minimum atomic E-state index is -1.11. The first-order valence-electron chi connectivity index (χ1n) is 5.73. The van der Waals surface area contributed by atoms with Gasteiger partial charge in [-0.1, -0.05) is 24.3 Å². The first-order chi connectivity index (χ1) is 10.3. The van der Waals surface area contributed by atoms with E-state index in [9.17, 15) is 25.0 Å². The Hall–Kier alpha value is -3.49. The Kier molecular flexibility index (Phi) is 5.52. The minimum Gasteiger partial charge on any atom is -0.507 e. The van der Waals surface area contributed by atoms with Crippen molar-refractivity contribution in [3.63, 3.8) is 0 Å². The van der Waals surface area contributed by atoms with Crippen LogP contribution in [0.4, 0.5) is 11.4 Å². The summed E-state index contributed by atoms with van der Waals surface area (Å²) < 4.78 is 0. The van der Waals surface area contributed by atoms with Gasteiger partial charge in [0.05, 0.1) is 9.85 Å². The quantitative estimate of drug-likeness (QED) is 0.654. The van der Waals surface area contributed by atoms with Crippen LogP contribution in [0.5, 0.6) is 5.75 Å². The number of aromatic hydroxyl groups is 1. The van der Waals surface area contributed by atoms with Crippen molar-refractivity contribution in [3.05, 3.63) is 74.3 Å². The first kappa shape index (κ1) is 16.6. The molecule has 0 aliphatic heterocycles. The van der Waals surface area contributed by atoms with Gasteiger partial charge in [-0.3, -0.25) is 20.2 Å². The molecule has 2 rings (SSSR count). The Morgan fingerprint density at radius 2 is 1.27 bits per heavy atom. The average Bonchev–Trinajstić information content (AvgIpc) is 2.48. The Morgan fingerprint density at radius 1 is 0.864 bits per heavy atom. The second kappa shape index (κ2) is 7.33. The fourth-order valence-electron chi connectivity index (χ4n) is 1.43. The van der Waals surface area contributed by atoms with Crippen molar-refractivity contribution >= 4 is 17.3 Å². The number of carboxylic acids is 1. The summed E-state index contributed by atoms with van der Waals surface area (Å²) in [5, 5.41) is 37.8. The summed E-state index contributed by atoms with van der Waals surface area (Å²) in [6, 6.07) is 10.8. The normalized spacial score (nSPS) is 9.27. The Morgan fingerprint density at radius 3 is 1.59 bits per heavy atom. The highest BCUT2D eigenvalue weighted by atomic mass is 16.6. The van der Waals surface area contributed by atoms with Crippen LogP contribution in [0.3, 0.4) is 0 Å². The van der Waals surface area contributed by atoms with E-state index in [0.717, 1.165) is 12.1 Å². The first-order valence-corrected chi connectivity index (χ1v) is 5.73. The van der Waals surface area contributed by atoms with Crippen molar-refractivity contribution in [1.82, 2.24) is 0 Å². The Balaban J connectivity index is 0.000000224. The number of carboxylic acid groups (broad SMARTS) is 1. The number of aromatic carboxylic acids is 1. The number of nitro groups is 2. The van der Waals surface area contributed by atoms with Crippen molar-refractivity contribution in [2.24, 2.45) is 0 Å².